The normalized spacial score (nSPS) is 10.5. The van der Waals surface area contributed by atoms with E-state index in [9.17, 15) is 0 Å². The van der Waals surface area contributed by atoms with Gasteiger partial charge < -0.3 is 4.52 Å². The van der Waals surface area contributed by atoms with Gasteiger partial charge in [0, 0.05) is 22.5 Å². The second-order valence-electron chi connectivity index (χ2n) is 3.26. The summed E-state index contributed by atoms with van der Waals surface area (Å²) < 4.78 is 5.00. The smallest absolute Gasteiger partial charge is 0.137 e. The molecule has 1 aromatic carbocycles. The third-order valence-corrected chi connectivity index (χ3v) is 2.51. The Labute approximate surface area is 97.8 Å². The van der Waals surface area contributed by atoms with Crippen LogP contribution in [0.4, 0.5) is 0 Å². The van der Waals surface area contributed by atoms with Crippen LogP contribution in [0.25, 0.3) is 0 Å². The van der Waals surface area contributed by atoms with Gasteiger partial charge in [0.2, 0.25) is 0 Å². The number of aryl methyl sites for hydroxylation is 2. The molecule has 4 heteroatoms. The molecule has 0 N–H and O–H groups in total. The molecule has 0 aliphatic rings. The molecule has 15 heavy (non-hydrogen) atoms. The molecular formula is C11H9Cl2NO. The number of benzene rings is 1. The predicted octanol–water partition coefficient (Wildman–Crippen LogP) is 3.77. The minimum Gasteiger partial charge on any atom is -0.361 e. The largest absolute Gasteiger partial charge is 0.361 e. The number of hydrogen-bond acceptors (Lipinski definition) is 2. The maximum atomic E-state index is 5.89. The predicted molar refractivity (Wildman–Crippen MR) is 60.4 cm³/mol. The van der Waals surface area contributed by atoms with Crippen LogP contribution < -0.4 is 0 Å². The van der Waals surface area contributed by atoms with Crippen LogP contribution in [0.3, 0.4) is 0 Å². The first kappa shape index (κ1) is 10.5. The van der Waals surface area contributed by atoms with Crippen molar-refractivity contribution in [2.75, 3.05) is 0 Å². The van der Waals surface area contributed by atoms with E-state index in [4.69, 9.17) is 27.7 Å². The van der Waals surface area contributed by atoms with Gasteiger partial charge in [0.15, 0.2) is 0 Å². The summed E-state index contributed by atoms with van der Waals surface area (Å²) in [5.41, 5.74) is 1.10. The van der Waals surface area contributed by atoms with E-state index in [0.29, 0.717) is 10.0 Å². The lowest BCUT2D eigenvalue weighted by Gasteiger charge is -2.01. The molecule has 1 heterocycles. The Morgan fingerprint density at radius 2 is 1.80 bits per heavy atom. The van der Waals surface area contributed by atoms with Crippen LogP contribution in [0.1, 0.15) is 11.3 Å². The van der Waals surface area contributed by atoms with E-state index < -0.39 is 0 Å². The molecule has 0 saturated carbocycles. The summed E-state index contributed by atoms with van der Waals surface area (Å²) in [6, 6.07) is 7.39. The lowest BCUT2D eigenvalue weighted by molar-refractivity contribution is 0.383. The summed E-state index contributed by atoms with van der Waals surface area (Å²) >= 11 is 11.8. The summed E-state index contributed by atoms with van der Waals surface area (Å²) in [7, 11) is 0. The summed E-state index contributed by atoms with van der Waals surface area (Å²) in [5, 5.41) is 4.97. The fourth-order valence-electron chi connectivity index (χ4n) is 1.39. The van der Waals surface area contributed by atoms with Gasteiger partial charge in [-0.05, 0) is 30.2 Å². The molecule has 0 fully saturated rings. The van der Waals surface area contributed by atoms with Crippen LogP contribution in [-0.2, 0) is 12.8 Å². The van der Waals surface area contributed by atoms with Crippen molar-refractivity contribution in [1.29, 1.82) is 0 Å². The molecule has 0 atom stereocenters. The first-order chi connectivity index (χ1) is 7.24. The van der Waals surface area contributed by atoms with Crippen molar-refractivity contribution < 1.29 is 4.52 Å². The second kappa shape index (κ2) is 4.69. The highest BCUT2D eigenvalue weighted by Crippen LogP contribution is 2.20. The summed E-state index contributed by atoms with van der Waals surface area (Å²) in [4.78, 5) is 0. The van der Waals surface area contributed by atoms with Gasteiger partial charge in [-0.1, -0.05) is 28.4 Å². The van der Waals surface area contributed by atoms with Gasteiger partial charge in [-0.2, -0.15) is 0 Å². The van der Waals surface area contributed by atoms with Crippen molar-refractivity contribution in [3.8, 4) is 0 Å². The van der Waals surface area contributed by atoms with Crippen LogP contribution in [0.5, 0.6) is 0 Å². The molecule has 2 aromatic rings. The van der Waals surface area contributed by atoms with Crippen molar-refractivity contribution in [3.63, 3.8) is 0 Å². The average molecular weight is 242 g/mol. The molecule has 78 valence electrons. The van der Waals surface area contributed by atoms with Gasteiger partial charge in [0.05, 0.1) is 6.20 Å². The van der Waals surface area contributed by atoms with Gasteiger partial charge in [-0.15, -0.1) is 0 Å². The van der Waals surface area contributed by atoms with Crippen molar-refractivity contribution in [3.05, 3.63) is 51.8 Å². The molecule has 1 aromatic heterocycles. The Bertz CT molecular complexity index is 420. The Hall–Kier alpha value is -0.990. The minimum absolute atomic E-state index is 0.662. The van der Waals surface area contributed by atoms with Gasteiger partial charge in [0.1, 0.15) is 5.76 Å². The van der Waals surface area contributed by atoms with E-state index in [-0.39, 0.29) is 0 Å². The lowest BCUT2D eigenvalue weighted by atomic mass is 10.1. The Balaban J connectivity index is 2.05. The molecule has 0 spiro atoms. The van der Waals surface area contributed by atoms with Gasteiger partial charge in [-0.25, -0.2) is 0 Å². The van der Waals surface area contributed by atoms with E-state index in [1.54, 1.807) is 12.3 Å². The lowest BCUT2D eigenvalue weighted by Crippen LogP contribution is -1.89. The molecule has 0 aliphatic heterocycles. The summed E-state index contributed by atoms with van der Waals surface area (Å²) in [6.45, 7) is 0. The van der Waals surface area contributed by atoms with Crippen molar-refractivity contribution in [1.82, 2.24) is 5.16 Å². The third kappa shape index (κ3) is 2.98. The van der Waals surface area contributed by atoms with E-state index >= 15 is 0 Å². The van der Waals surface area contributed by atoms with E-state index in [2.05, 4.69) is 5.16 Å². The number of aromatic nitrogens is 1. The second-order valence-corrected chi connectivity index (χ2v) is 4.13. The molecular weight excluding hydrogens is 233 g/mol. The zero-order chi connectivity index (χ0) is 10.7. The van der Waals surface area contributed by atoms with Crippen LogP contribution >= 0.6 is 23.2 Å². The number of hydrogen-bond donors (Lipinski definition) is 0. The highest BCUT2D eigenvalue weighted by molar-refractivity contribution is 6.34. The van der Waals surface area contributed by atoms with E-state index in [0.717, 1.165) is 24.2 Å². The maximum Gasteiger partial charge on any atom is 0.137 e. The first-order valence-corrected chi connectivity index (χ1v) is 5.34. The maximum absolute atomic E-state index is 5.89. The monoisotopic (exact) mass is 241 g/mol. The molecule has 0 aliphatic carbocycles. The molecule has 0 bridgehead atoms. The Kier molecular flexibility index (Phi) is 3.29. The van der Waals surface area contributed by atoms with E-state index in [1.807, 2.05) is 18.2 Å². The number of nitrogens with zero attached hydrogens (tertiary/aromatic N) is 1. The number of rotatable bonds is 3. The molecule has 0 amide bonds. The molecule has 2 nitrogen and oxygen atoms in total. The minimum atomic E-state index is 0.662. The molecule has 0 saturated heterocycles. The van der Waals surface area contributed by atoms with E-state index in [1.165, 1.54) is 0 Å². The quantitative estimate of drug-likeness (QED) is 0.818. The summed E-state index contributed by atoms with van der Waals surface area (Å²) in [5.74, 6) is 0.867. The van der Waals surface area contributed by atoms with Crippen LogP contribution in [0, 0.1) is 0 Å². The van der Waals surface area contributed by atoms with Crippen LogP contribution in [0.15, 0.2) is 35.0 Å². The molecule has 0 radical (unpaired) electrons. The van der Waals surface area contributed by atoms with Gasteiger partial charge in [0.25, 0.3) is 0 Å². The Morgan fingerprint density at radius 1 is 1.07 bits per heavy atom. The van der Waals surface area contributed by atoms with Gasteiger partial charge >= 0.3 is 0 Å². The zero-order valence-corrected chi connectivity index (χ0v) is 9.42. The highest BCUT2D eigenvalue weighted by Gasteiger charge is 2.01. The zero-order valence-electron chi connectivity index (χ0n) is 7.91. The SMILES string of the molecule is Clc1cc(Cl)cc(CCc2ccno2)c1. The molecule has 0 unspecified atom stereocenters. The first-order valence-electron chi connectivity index (χ1n) is 4.58. The van der Waals surface area contributed by atoms with Crippen molar-refractivity contribution in [2.24, 2.45) is 0 Å². The topological polar surface area (TPSA) is 26.0 Å². The molecule has 2 rings (SSSR count). The van der Waals surface area contributed by atoms with Crippen molar-refractivity contribution >= 4 is 23.2 Å². The fourth-order valence-corrected chi connectivity index (χ4v) is 1.97. The van der Waals surface area contributed by atoms with Crippen molar-refractivity contribution in [2.45, 2.75) is 12.8 Å². The highest BCUT2D eigenvalue weighted by atomic mass is 35.5. The van der Waals surface area contributed by atoms with Crippen LogP contribution in [-0.4, -0.2) is 5.16 Å². The summed E-state index contributed by atoms with van der Waals surface area (Å²) in [6.07, 6.45) is 3.28. The van der Waals surface area contributed by atoms with Crippen LogP contribution in [0.2, 0.25) is 10.0 Å². The fraction of sp³-hybridized carbons (Fsp3) is 0.182. The number of halogens is 2. The van der Waals surface area contributed by atoms with Gasteiger partial charge in [-0.3, -0.25) is 0 Å². The Morgan fingerprint density at radius 3 is 2.40 bits per heavy atom. The third-order valence-electron chi connectivity index (χ3n) is 2.07. The average Bonchev–Trinajstić information content (AvgIpc) is 2.65. The standard InChI is InChI=1S/C11H9Cl2NO/c12-9-5-8(6-10(13)7-9)1-2-11-3-4-14-15-11/h3-7H,1-2H2.